The molecule has 2 aromatic heterocycles. The predicted octanol–water partition coefficient (Wildman–Crippen LogP) is 2.29. The van der Waals surface area contributed by atoms with Crippen LogP contribution in [0.4, 0.5) is 0 Å². The Morgan fingerprint density at radius 3 is 2.72 bits per heavy atom. The average Bonchev–Trinajstić information content (AvgIpc) is 3.11. The van der Waals surface area contributed by atoms with Crippen LogP contribution in [-0.4, -0.2) is 33.3 Å². The highest BCUT2D eigenvalue weighted by atomic mass is 32.1. The molecule has 0 spiro atoms. The van der Waals surface area contributed by atoms with E-state index in [1.807, 2.05) is 24.5 Å². The Hall–Kier alpha value is -2.74. The van der Waals surface area contributed by atoms with Crippen molar-refractivity contribution in [3.8, 4) is 0 Å². The fourth-order valence-electron chi connectivity index (χ4n) is 2.67. The van der Waals surface area contributed by atoms with Crippen molar-refractivity contribution in [2.45, 2.75) is 20.4 Å². The molecule has 0 fully saturated rings. The highest BCUT2D eigenvalue weighted by Gasteiger charge is 2.15. The van der Waals surface area contributed by atoms with E-state index in [4.69, 9.17) is 4.74 Å². The minimum absolute atomic E-state index is 0.345. The standard InChI is InChI=1S/C17H18N4O3S/c1-5-21-12-7-6-11(16(23)24-4)8-13(12)25-17(21)18-15(22)14-10(2)9-20(3)19-14/h6-9H,5H2,1-4H3. The molecule has 130 valence electrons. The van der Waals surface area contributed by atoms with Gasteiger partial charge in [0.05, 0.1) is 22.9 Å². The molecule has 0 radical (unpaired) electrons. The van der Waals surface area contributed by atoms with Crippen LogP contribution in [0.15, 0.2) is 29.4 Å². The number of hydrogen-bond acceptors (Lipinski definition) is 5. The van der Waals surface area contributed by atoms with Gasteiger partial charge in [-0.3, -0.25) is 9.48 Å². The number of amides is 1. The van der Waals surface area contributed by atoms with Crippen molar-refractivity contribution in [1.29, 1.82) is 0 Å². The molecule has 1 amide bonds. The summed E-state index contributed by atoms with van der Waals surface area (Å²) in [7, 11) is 3.12. The molecule has 0 aliphatic rings. The largest absolute Gasteiger partial charge is 0.465 e. The van der Waals surface area contributed by atoms with Crippen LogP contribution in [0.3, 0.4) is 0 Å². The molecule has 0 atom stereocenters. The number of methoxy groups -OCH3 is 1. The van der Waals surface area contributed by atoms with Crippen LogP contribution < -0.4 is 4.80 Å². The van der Waals surface area contributed by atoms with Crippen molar-refractivity contribution >= 4 is 33.4 Å². The van der Waals surface area contributed by atoms with E-state index in [0.717, 1.165) is 15.8 Å². The molecule has 0 saturated heterocycles. The Morgan fingerprint density at radius 2 is 2.12 bits per heavy atom. The van der Waals surface area contributed by atoms with Gasteiger partial charge in [0.25, 0.3) is 5.91 Å². The van der Waals surface area contributed by atoms with E-state index in [1.165, 1.54) is 18.4 Å². The lowest BCUT2D eigenvalue weighted by molar-refractivity contribution is 0.0601. The second-order valence-corrected chi connectivity index (χ2v) is 6.56. The number of fused-ring (bicyclic) bond motifs is 1. The summed E-state index contributed by atoms with van der Waals surface area (Å²) in [6, 6.07) is 5.31. The Labute approximate surface area is 148 Å². The van der Waals surface area contributed by atoms with Gasteiger partial charge in [-0.25, -0.2) is 4.79 Å². The minimum atomic E-state index is -0.392. The van der Waals surface area contributed by atoms with Crippen LogP contribution in [0.2, 0.25) is 0 Å². The van der Waals surface area contributed by atoms with E-state index in [1.54, 1.807) is 30.1 Å². The van der Waals surface area contributed by atoms with Gasteiger partial charge in [0.1, 0.15) is 0 Å². The van der Waals surface area contributed by atoms with Crippen LogP contribution >= 0.6 is 11.3 Å². The first-order valence-electron chi connectivity index (χ1n) is 7.75. The number of aromatic nitrogens is 3. The predicted molar refractivity (Wildman–Crippen MR) is 94.7 cm³/mol. The summed E-state index contributed by atoms with van der Waals surface area (Å²) in [5, 5.41) is 4.17. The summed E-state index contributed by atoms with van der Waals surface area (Å²) < 4.78 is 9.17. The van der Waals surface area contributed by atoms with E-state index < -0.39 is 5.97 Å². The van der Waals surface area contributed by atoms with Gasteiger partial charge >= 0.3 is 5.97 Å². The van der Waals surface area contributed by atoms with Gasteiger partial charge in [-0.2, -0.15) is 10.1 Å². The van der Waals surface area contributed by atoms with Gasteiger partial charge in [-0.05, 0) is 32.0 Å². The Morgan fingerprint density at radius 1 is 1.36 bits per heavy atom. The van der Waals surface area contributed by atoms with Gasteiger partial charge in [0.15, 0.2) is 10.5 Å². The van der Waals surface area contributed by atoms with Crippen LogP contribution in [0.25, 0.3) is 10.2 Å². The molecule has 7 nitrogen and oxygen atoms in total. The zero-order valence-corrected chi connectivity index (χ0v) is 15.3. The van der Waals surface area contributed by atoms with Crippen molar-refractivity contribution in [1.82, 2.24) is 14.3 Å². The maximum Gasteiger partial charge on any atom is 0.337 e. The van der Waals surface area contributed by atoms with Gasteiger partial charge < -0.3 is 9.30 Å². The smallest absolute Gasteiger partial charge is 0.337 e. The van der Waals surface area contributed by atoms with E-state index >= 15 is 0 Å². The summed E-state index contributed by atoms with van der Waals surface area (Å²) >= 11 is 1.36. The third kappa shape index (κ3) is 3.12. The second-order valence-electron chi connectivity index (χ2n) is 5.55. The van der Waals surface area contributed by atoms with Crippen molar-refractivity contribution in [3.63, 3.8) is 0 Å². The first-order chi connectivity index (χ1) is 11.9. The van der Waals surface area contributed by atoms with Crippen molar-refractivity contribution in [3.05, 3.63) is 46.0 Å². The fourth-order valence-corrected chi connectivity index (χ4v) is 3.80. The second kappa shape index (κ2) is 6.64. The normalized spacial score (nSPS) is 11.9. The number of ether oxygens (including phenoxy) is 1. The van der Waals surface area contributed by atoms with Gasteiger partial charge in [-0.1, -0.05) is 11.3 Å². The first-order valence-corrected chi connectivity index (χ1v) is 8.57. The van der Waals surface area contributed by atoms with Crippen LogP contribution in [-0.2, 0) is 18.3 Å². The molecule has 0 aliphatic carbocycles. The number of thiazole rings is 1. The first kappa shape index (κ1) is 17.1. The zero-order valence-electron chi connectivity index (χ0n) is 14.4. The van der Waals surface area contributed by atoms with Crippen LogP contribution in [0, 0.1) is 6.92 Å². The van der Waals surface area contributed by atoms with E-state index in [2.05, 4.69) is 10.1 Å². The number of hydrogen-bond donors (Lipinski definition) is 0. The molecule has 0 saturated carbocycles. The molecule has 2 heterocycles. The lowest BCUT2D eigenvalue weighted by Crippen LogP contribution is -2.16. The molecular formula is C17H18N4O3S. The quantitative estimate of drug-likeness (QED) is 0.673. The summed E-state index contributed by atoms with van der Waals surface area (Å²) in [4.78, 5) is 29.0. The molecular weight excluding hydrogens is 340 g/mol. The Balaban J connectivity index is 2.13. The van der Waals surface area contributed by atoms with Crippen molar-refractivity contribution < 1.29 is 14.3 Å². The Kier molecular flexibility index (Phi) is 4.54. The van der Waals surface area contributed by atoms with Crippen LogP contribution in [0.1, 0.15) is 33.3 Å². The molecule has 25 heavy (non-hydrogen) atoms. The molecule has 8 heteroatoms. The number of carbonyl (C=O) groups is 2. The van der Waals surface area contributed by atoms with E-state index in [0.29, 0.717) is 22.6 Å². The van der Waals surface area contributed by atoms with E-state index in [9.17, 15) is 9.59 Å². The number of aryl methyl sites for hydroxylation is 3. The Bertz CT molecular complexity index is 1040. The maximum absolute atomic E-state index is 12.5. The molecule has 0 unspecified atom stereocenters. The third-order valence-corrected chi connectivity index (χ3v) is 4.87. The fraction of sp³-hybridized carbons (Fsp3) is 0.294. The summed E-state index contributed by atoms with van der Waals surface area (Å²) in [6.07, 6.45) is 1.78. The lowest BCUT2D eigenvalue weighted by Gasteiger charge is -2.01. The summed E-state index contributed by atoms with van der Waals surface area (Å²) in [5.41, 5.74) is 2.52. The number of esters is 1. The molecule has 3 aromatic rings. The molecule has 0 N–H and O–H groups in total. The summed E-state index contributed by atoms with van der Waals surface area (Å²) in [5.74, 6) is -0.767. The highest BCUT2D eigenvalue weighted by molar-refractivity contribution is 7.16. The minimum Gasteiger partial charge on any atom is -0.465 e. The lowest BCUT2D eigenvalue weighted by atomic mass is 10.2. The molecule has 0 aliphatic heterocycles. The SMILES string of the molecule is CCn1c(=NC(=O)c2nn(C)cc2C)sc2cc(C(=O)OC)ccc21. The average molecular weight is 358 g/mol. The molecule has 3 rings (SSSR count). The van der Waals surface area contributed by atoms with Crippen LogP contribution in [0.5, 0.6) is 0 Å². The number of nitrogens with zero attached hydrogens (tertiary/aromatic N) is 4. The topological polar surface area (TPSA) is 78.5 Å². The summed E-state index contributed by atoms with van der Waals surface area (Å²) in [6.45, 7) is 4.47. The van der Waals surface area contributed by atoms with Crippen molar-refractivity contribution in [2.24, 2.45) is 12.0 Å². The highest BCUT2D eigenvalue weighted by Crippen LogP contribution is 2.20. The van der Waals surface area contributed by atoms with Gasteiger partial charge in [0, 0.05) is 25.4 Å². The number of benzene rings is 1. The van der Waals surface area contributed by atoms with Gasteiger partial charge in [-0.15, -0.1) is 0 Å². The van der Waals surface area contributed by atoms with E-state index in [-0.39, 0.29) is 5.91 Å². The molecule has 1 aromatic carbocycles. The maximum atomic E-state index is 12.5. The van der Waals surface area contributed by atoms with Crippen molar-refractivity contribution in [2.75, 3.05) is 7.11 Å². The number of carbonyl (C=O) groups excluding carboxylic acids is 2. The monoisotopic (exact) mass is 358 g/mol. The zero-order chi connectivity index (χ0) is 18.1. The van der Waals surface area contributed by atoms with Gasteiger partial charge in [0.2, 0.25) is 0 Å². The number of rotatable bonds is 3. The molecule has 0 bridgehead atoms. The third-order valence-electron chi connectivity index (χ3n) is 3.83.